The van der Waals surface area contributed by atoms with E-state index in [0.717, 1.165) is 6.42 Å². The zero-order valence-corrected chi connectivity index (χ0v) is 8.10. The second-order valence-electron chi connectivity index (χ2n) is 3.91. The van der Waals surface area contributed by atoms with E-state index in [0.29, 0.717) is 18.4 Å². The van der Waals surface area contributed by atoms with E-state index in [2.05, 4.69) is 0 Å². The Morgan fingerprint density at radius 2 is 1.93 bits per heavy atom. The first-order valence-corrected chi connectivity index (χ1v) is 4.83. The summed E-state index contributed by atoms with van der Waals surface area (Å²) in [5.74, 6) is -1.51. The van der Waals surface area contributed by atoms with E-state index in [9.17, 15) is 15.0 Å². The van der Waals surface area contributed by atoms with Crippen LogP contribution in [0.15, 0.2) is 18.2 Å². The Morgan fingerprint density at radius 1 is 1.27 bits per heavy atom. The fourth-order valence-corrected chi connectivity index (χ4v) is 2.05. The highest BCUT2D eigenvalue weighted by Gasteiger charge is 2.47. The van der Waals surface area contributed by atoms with Crippen LogP contribution in [-0.2, 0) is 10.2 Å². The highest BCUT2D eigenvalue weighted by Crippen LogP contribution is 2.48. The highest BCUT2D eigenvalue weighted by atomic mass is 16.4. The summed E-state index contributed by atoms with van der Waals surface area (Å²) in [6, 6.07) is 4.45. The van der Waals surface area contributed by atoms with E-state index in [1.54, 1.807) is 12.1 Å². The number of para-hydroxylation sites is 1. The minimum Gasteiger partial charge on any atom is -0.504 e. The van der Waals surface area contributed by atoms with Crippen LogP contribution in [0.25, 0.3) is 0 Å². The second-order valence-corrected chi connectivity index (χ2v) is 3.91. The van der Waals surface area contributed by atoms with E-state index < -0.39 is 11.4 Å². The molecule has 1 saturated carbocycles. The third kappa shape index (κ3) is 1.25. The Bertz CT molecular complexity index is 407. The molecular formula is C11H12O4. The number of rotatable bonds is 2. The summed E-state index contributed by atoms with van der Waals surface area (Å²) in [4.78, 5) is 11.2. The van der Waals surface area contributed by atoms with Gasteiger partial charge in [0.05, 0.1) is 5.41 Å². The smallest absolute Gasteiger partial charge is 0.314 e. The average molecular weight is 208 g/mol. The minimum absolute atomic E-state index is 0.264. The van der Waals surface area contributed by atoms with E-state index in [4.69, 9.17) is 5.11 Å². The molecule has 0 aliphatic heterocycles. The maximum atomic E-state index is 11.2. The predicted molar refractivity (Wildman–Crippen MR) is 52.9 cm³/mol. The third-order valence-electron chi connectivity index (χ3n) is 3.15. The van der Waals surface area contributed by atoms with Crippen molar-refractivity contribution >= 4 is 5.97 Å². The van der Waals surface area contributed by atoms with Gasteiger partial charge in [-0.1, -0.05) is 18.6 Å². The van der Waals surface area contributed by atoms with Crippen molar-refractivity contribution in [2.45, 2.75) is 24.7 Å². The Kier molecular flexibility index (Phi) is 2.07. The maximum Gasteiger partial charge on any atom is 0.314 e. The first kappa shape index (κ1) is 9.83. The van der Waals surface area contributed by atoms with Crippen molar-refractivity contribution in [3.05, 3.63) is 23.8 Å². The number of aliphatic carboxylic acids is 1. The van der Waals surface area contributed by atoms with E-state index in [1.165, 1.54) is 6.07 Å². The van der Waals surface area contributed by atoms with E-state index in [1.807, 2.05) is 0 Å². The van der Waals surface area contributed by atoms with Crippen LogP contribution in [0.4, 0.5) is 0 Å². The van der Waals surface area contributed by atoms with Gasteiger partial charge in [0.25, 0.3) is 0 Å². The number of carbonyl (C=O) groups is 1. The molecule has 3 N–H and O–H groups in total. The number of hydrogen-bond donors (Lipinski definition) is 3. The molecule has 0 aromatic heterocycles. The van der Waals surface area contributed by atoms with Gasteiger partial charge in [0, 0.05) is 5.56 Å². The molecule has 4 nitrogen and oxygen atoms in total. The summed E-state index contributed by atoms with van der Waals surface area (Å²) in [5.41, 5.74) is -0.677. The van der Waals surface area contributed by atoms with Crippen LogP contribution in [0.2, 0.25) is 0 Å². The first-order chi connectivity index (χ1) is 7.08. The van der Waals surface area contributed by atoms with E-state index in [-0.39, 0.29) is 11.5 Å². The Labute approximate surface area is 86.8 Å². The molecule has 1 aliphatic carbocycles. The Morgan fingerprint density at radius 3 is 2.40 bits per heavy atom. The van der Waals surface area contributed by atoms with Crippen molar-refractivity contribution in [2.75, 3.05) is 0 Å². The normalized spacial score (nSPS) is 18.1. The number of carboxylic acids is 1. The molecule has 0 atom stereocenters. The largest absolute Gasteiger partial charge is 0.504 e. The number of aromatic hydroxyl groups is 2. The number of hydrogen-bond acceptors (Lipinski definition) is 3. The van der Waals surface area contributed by atoms with Crippen LogP contribution in [0.1, 0.15) is 24.8 Å². The molecule has 0 saturated heterocycles. The third-order valence-corrected chi connectivity index (χ3v) is 3.15. The molecule has 0 unspecified atom stereocenters. The van der Waals surface area contributed by atoms with E-state index >= 15 is 0 Å². The first-order valence-electron chi connectivity index (χ1n) is 4.83. The van der Waals surface area contributed by atoms with Gasteiger partial charge in [-0.3, -0.25) is 4.79 Å². The Hall–Kier alpha value is -1.71. The number of phenolic OH excluding ortho intramolecular Hbond substituents is 2. The van der Waals surface area contributed by atoms with Gasteiger partial charge in [0.1, 0.15) is 0 Å². The van der Waals surface area contributed by atoms with Gasteiger partial charge in [-0.05, 0) is 18.9 Å². The van der Waals surface area contributed by atoms with Crippen molar-refractivity contribution < 1.29 is 20.1 Å². The van der Waals surface area contributed by atoms with Gasteiger partial charge < -0.3 is 15.3 Å². The maximum absolute atomic E-state index is 11.2. The van der Waals surface area contributed by atoms with Gasteiger partial charge in [0.2, 0.25) is 0 Å². The van der Waals surface area contributed by atoms with Gasteiger partial charge >= 0.3 is 5.97 Å². The molecule has 2 rings (SSSR count). The molecule has 4 heteroatoms. The van der Waals surface area contributed by atoms with Crippen molar-refractivity contribution in [3.8, 4) is 11.5 Å². The summed E-state index contributed by atoms with van der Waals surface area (Å²) in [6.45, 7) is 0. The molecule has 1 aromatic carbocycles. The zero-order valence-electron chi connectivity index (χ0n) is 8.10. The highest BCUT2D eigenvalue weighted by molar-refractivity contribution is 5.84. The van der Waals surface area contributed by atoms with Crippen LogP contribution in [0.3, 0.4) is 0 Å². The molecule has 0 amide bonds. The summed E-state index contributed by atoms with van der Waals surface area (Å²) >= 11 is 0. The lowest BCUT2D eigenvalue weighted by Crippen LogP contribution is -2.42. The number of benzene rings is 1. The van der Waals surface area contributed by atoms with Gasteiger partial charge in [-0.15, -0.1) is 0 Å². The summed E-state index contributed by atoms with van der Waals surface area (Å²) in [7, 11) is 0. The molecule has 15 heavy (non-hydrogen) atoms. The summed E-state index contributed by atoms with van der Waals surface area (Å²) < 4.78 is 0. The molecule has 0 spiro atoms. The van der Waals surface area contributed by atoms with Crippen LogP contribution in [-0.4, -0.2) is 21.3 Å². The van der Waals surface area contributed by atoms with Crippen molar-refractivity contribution in [1.82, 2.24) is 0 Å². The average Bonchev–Trinajstić information content (AvgIpc) is 2.09. The van der Waals surface area contributed by atoms with Crippen LogP contribution < -0.4 is 0 Å². The molecule has 0 heterocycles. The van der Waals surface area contributed by atoms with Crippen molar-refractivity contribution in [1.29, 1.82) is 0 Å². The fourth-order valence-electron chi connectivity index (χ4n) is 2.05. The number of carboxylic acid groups (broad SMARTS) is 1. The predicted octanol–water partition coefficient (Wildman–Crippen LogP) is 1.60. The molecule has 0 bridgehead atoms. The van der Waals surface area contributed by atoms with Gasteiger partial charge in [0.15, 0.2) is 11.5 Å². The standard InChI is InChI=1S/C11H12O4/c12-8-4-1-3-7(9(8)13)11(10(14)15)5-2-6-11/h1,3-4,12-13H,2,5-6H2,(H,14,15). The van der Waals surface area contributed by atoms with Gasteiger partial charge in [-0.25, -0.2) is 0 Å². The minimum atomic E-state index is -0.997. The lowest BCUT2D eigenvalue weighted by molar-refractivity contribution is -0.147. The topological polar surface area (TPSA) is 77.8 Å². The monoisotopic (exact) mass is 208 g/mol. The summed E-state index contributed by atoms with van der Waals surface area (Å²) in [6.07, 6.45) is 1.86. The molecule has 1 aromatic rings. The SMILES string of the molecule is O=C(O)C1(c2cccc(O)c2O)CCC1. The van der Waals surface area contributed by atoms with Crippen LogP contribution >= 0.6 is 0 Å². The van der Waals surface area contributed by atoms with Crippen molar-refractivity contribution in [3.63, 3.8) is 0 Å². The lowest BCUT2D eigenvalue weighted by atomic mass is 9.64. The fraction of sp³-hybridized carbons (Fsp3) is 0.364. The van der Waals surface area contributed by atoms with Crippen LogP contribution in [0.5, 0.6) is 11.5 Å². The second kappa shape index (κ2) is 3.15. The van der Waals surface area contributed by atoms with Crippen LogP contribution in [0, 0.1) is 0 Å². The Balaban J connectivity index is 2.53. The zero-order chi connectivity index (χ0) is 11.1. The lowest BCUT2D eigenvalue weighted by Gasteiger charge is -2.38. The molecule has 1 aliphatic rings. The molecule has 80 valence electrons. The number of phenols is 2. The quantitative estimate of drug-likeness (QED) is 0.645. The summed E-state index contributed by atoms with van der Waals surface area (Å²) in [5, 5.41) is 28.1. The van der Waals surface area contributed by atoms with Crippen molar-refractivity contribution in [2.24, 2.45) is 0 Å². The molecule has 1 fully saturated rings. The molecule has 0 radical (unpaired) electrons. The van der Waals surface area contributed by atoms with Gasteiger partial charge in [-0.2, -0.15) is 0 Å². The molecular weight excluding hydrogens is 196 g/mol.